The first-order valence-corrected chi connectivity index (χ1v) is 34.6. The number of esters is 2. The molecule has 9 atom stereocenters. The van der Waals surface area contributed by atoms with Gasteiger partial charge in [-0.05, 0) is 131 Å². The number of amides is 1. The molecule has 0 bridgehead atoms. The van der Waals surface area contributed by atoms with Gasteiger partial charge in [-0.25, -0.2) is 4.79 Å². The van der Waals surface area contributed by atoms with Gasteiger partial charge >= 0.3 is 18.0 Å². The Balaban J connectivity index is 2.11. The lowest BCUT2D eigenvalue weighted by Crippen LogP contribution is -2.62. The molecular formula is C53H98N2O10Si3. The van der Waals surface area contributed by atoms with E-state index in [9.17, 15) is 14.4 Å². The Bertz CT molecular complexity index is 1650. The van der Waals surface area contributed by atoms with E-state index in [0.717, 1.165) is 91.5 Å². The number of rotatable bonds is 25. The van der Waals surface area contributed by atoms with Crippen molar-refractivity contribution in [3.05, 3.63) is 35.5 Å². The molecule has 0 aromatic rings. The van der Waals surface area contributed by atoms with Gasteiger partial charge in [-0.1, -0.05) is 88.3 Å². The normalized spacial score (nSPS) is 26.0. The molecule has 0 saturated carbocycles. The summed E-state index contributed by atoms with van der Waals surface area (Å²) in [5, 5.41) is 3.31. The van der Waals surface area contributed by atoms with Crippen molar-refractivity contribution >= 4 is 43.0 Å². The van der Waals surface area contributed by atoms with Crippen LogP contribution >= 0.6 is 0 Å². The topological polar surface area (TPSA) is 134 Å². The monoisotopic (exact) mass is 1010 g/mol. The van der Waals surface area contributed by atoms with Crippen molar-refractivity contribution in [3.8, 4) is 0 Å². The summed E-state index contributed by atoms with van der Waals surface area (Å²) in [6.07, 6.45) is 9.41. The van der Waals surface area contributed by atoms with Crippen molar-refractivity contribution in [2.24, 2.45) is 5.92 Å². The van der Waals surface area contributed by atoms with Crippen LogP contribution in [0, 0.1) is 5.92 Å². The average molecular weight is 1010 g/mol. The number of carbonyl (C=O) groups excluding carboxylic acids is 3. The average Bonchev–Trinajstić information content (AvgIpc) is 4.16. The molecule has 0 unspecified atom stereocenters. The molecule has 0 aromatic carbocycles. The van der Waals surface area contributed by atoms with Gasteiger partial charge in [0.15, 0.2) is 30.6 Å². The molecule has 68 heavy (non-hydrogen) atoms. The van der Waals surface area contributed by atoms with Gasteiger partial charge in [0.25, 0.3) is 0 Å². The maximum Gasteiger partial charge on any atom is 0.410 e. The van der Waals surface area contributed by atoms with Crippen molar-refractivity contribution in [1.82, 2.24) is 10.2 Å². The highest BCUT2D eigenvalue weighted by atomic mass is 28.4. The zero-order chi connectivity index (χ0) is 50.9. The van der Waals surface area contributed by atoms with Gasteiger partial charge in [0.1, 0.15) is 23.9 Å². The molecule has 3 aliphatic rings. The highest BCUT2D eigenvalue weighted by Gasteiger charge is 2.66. The number of cyclic esters (lactones) is 1. The first-order chi connectivity index (χ1) is 32.2. The highest BCUT2D eigenvalue weighted by molar-refractivity contribution is 6.74. The molecule has 2 fully saturated rings. The number of hydrogen-bond acceptors (Lipinski definition) is 11. The molecule has 3 rings (SSSR count). The van der Waals surface area contributed by atoms with Crippen LogP contribution in [0.25, 0.3) is 0 Å². The van der Waals surface area contributed by atoms with Crippen LogP contribution in [0.5, 0.6) is 0 Å². The predicted molar refractivity (Wildman–Crippen MR) is 283 cm³/mol. The van der Waals surface area contributed by atoms with E-state index in [1.807, 2.05) is 32.9 Å². The van der Waals surface area contributed by atoms with Crippen LogP contribution < -0.4 is 5.32 Å². The summed E-state index contributed by atoms with van der Waals surface area (Å²) in [6, 6.07) is 8.86. The van der Waals surface area contributed by atoms with Gasteiger partial charge < -0.3 is 42.4 Å². The lowest BCUT2D eigenvalue weighted by molar-refractivity contribution is -0.179. The largest absolute Gasteiger partial charge is 0.457 e. The van der Waals surface area contributed by atoms with Crippen LogP contribution in [0.3, 0.4) is 0 Å². The van der Waals surface area contributed by atoms with Gasteiger partial charge in [0.2, 0.25) is 0 Å². The van der Waals surface area contributed by atoms with Gasteiger partial charge in [0.05, 0.1) is 18.6 Å². The number of piperazine rings is 1. The Hall–Kier alpha value is -2.12. The van der Waals surface area contributed by atoms with Crippen LogP contribution in [0.1, 0.15) is 149 Å². The van der Waals surface area contributed by atoms with Gasteiger partial charge in [0, 0.05) is 51.5 Å². The van der Waals surface area contributed by atoms with Gasteiger partial charge in [-0.15, -0.1) is 0 Å². The van der Waals surface area contributed by atoms with Crippen LogP contribution in [0.15, 0.2) is 35.5 Å². The minimum Gasteiger partial charge on any atom is -0.457 e. The lowest BCUT2D eigenvalue weighted by Gasteiger charge is -2.48. The van der Waals surface area contributed by atoms with E-state index in [1.165, 1.54) is 6.92 Å². The van der Waals surface area contributed by atoms with Crippen molar-refractivity contribution < 1.29 is 46.6 Å². The van der Waals surface area contributed by atoms with Crippen LogP contribution in [0.4, 0.5) is 4.79 Å². The first-order valence-electron chi connectivity index (χ1n) is 27.0. The summed E-state index contributed by atoms with van der Waals surface area (Å²) >= 11 is 0. The summed E-state index contributed by atoms with van der Waals surface area (Å²) in [4.78, 5) is 42.4. The fraction of sp³-hybridized carbons (Fsp3) is 0.830. The molecule has 15 heteroatoms. The van der Waals surface area contributed by atoms with E-state index in [1.54, 1.807) is 4.90 Å². The molecule has 0 aliphatic carbocycles. The zero-order valence-electron chi connectivity index (χ0n) is 45.8. The second kappa shape index (κ2) is 27.6. The molecule has 12 nitrogen and oxygen atoms in total. The summed E-state index contributed by atoms with van der Waals surface area (Å²) in [6.45, 7) is 36.7. The zero-order valence-corrected chi connectivity index (χ0v) is 48.8. The van der Waals surface area contributed by atoms with Crippen LogP contribution in [-0.4, -0.2) is 122 Å². The number of carbonyl (C=O) groups is 3. The first kappa shape index (κ1) is 60.2. The minimum atomic E-state index is -2.35. The minimum absolute atomic E-state index is 0.0256. The number of epoxide rings is 1. The van der Waals surface area contributed by atoms with E-state index in [2.05, 4.69) is 101 Å². The Morgan fingerprint density at radius 2 is 1.43 bits per heavy atom. The molecule has 1 N–H and O–H groups in total. The quantitative estimate of drug-likeness (QED) is 0.0234. The molecule has 0 aromatic heterocycles. The molecule has 0 spiro atoms. The van der Waals surface area contributed by atoms with Crippen molar-refractivity contribution in [3.63, 3.8) is 0 Å². The number of ether oxygens (including phenoxy) is 4. The van der Waals surface area contributed by atoms with Crippen molar-refractivity contribution in [1.29, 1.82) is 0 Å². The van der Waals surface area contributed by atoms with Gasteiger partial charge in [-0.3, -0.25) is 9.59 Å². The molecule has 3 aliphatic heterocycles. The van der Waals surface area contributed by atoms with Crippen LogP contribution in [-0.2, 0) is 41.8 Å². The van der Waals surface area contributed by atoms with Crippen molar-refractivity contribution in [2.45, 2.75) is 252 Å². The highest BCUT2D eigenvalue weighted by Crippen LogP contribution is 2.50. The second-order valence-electron chi connectivity index (χ2n) is 20.5. The molecular weight excluding hydrogens is 909 g/mol. The SMILES string of the molecule is CC[C@H](O[Si](CC)(CC)CC)[C@@H](C)[C@@H]1O[C@@H]1[C@@](C)(OC(C)=O)[C@@](C)(/C=C/C(C)=C(\C)[C@H]1C/C=C/[C@H](OC(=O)N2CCNCC2)CCC[C@@H](O[Si](CC)(CC)CC)CC(=O)O1)O[Si](CC)(CC)CC. The number of allylic oxidation sites excluding steroid dienone is 2. The van der Waals surface area contributed by atoms with E-state index >= 15 is 0 Å². The summed E-state index contributed by atoms with van der Waals surface area (Å²) in [7, 11) is -6.32. The standard InChI is InChI=1S/C53H98N2O10Si3/c1-17-46(64-67(21-5,22-6)23-7)42(13)49-50(61-49)53(16,62-43(14)56)52(15,65-68(24-8,25-9)26-10)34-33-40(11)41(12)47-32-28-30-44(59-51(58)55-37-35-54-36-38-55)29-27-31-45(39-48(57)60-47)63-66(18-2,19-3)20-4/h28,30,33-34,42,44-47,49-50,54H,17-27,29,31-32,35-39H2,1-16H3/b30-28+,34-33+,41-40+/t42-,44-,45-,46+,47-,49+,50+,52-,53-/m1/s1. The number of nitrogens with zero attached hydrogens (tertiary/aromatic N) is 1. The second-order valence-corrected chi connectivity index (χ2v) is 34.6. The Morgan fingerprint density at radius 1 is 0.853 bits per heavy atom. The van der Waals surface area contributed by atoms with Crippen molar-refractivity contribution in [2.75, 3.05) is 26.2 Å². The predicted octanol–water partition coefficient (Wildman–Crippen LogP) is 12.4. The van der Waals surface area contributed by atoms with E-state index in [-0.39, 0.29) is 42.7 Å². The fourth-order valence-electron chi connectivity index (χ4n) is 10.6. The molecule has 392 valence electrons. The molecule has 0 radical (unpaired) electrons. The maximum atomic E-state index is 14.0. The maximum absolute atomic E-state index is 14.0. The third-order valence-electron chi connectivity index (χ3n) is 16.7. The number of nitrogens with one attached hydrogen (secondary N) is 1. The smallest absolute Gasteiger partial charge is 0.410 e. The third-order valence-corrected chi connectivity index (χ3v) is 30.8. The summed E-state index contributed by atoms with van der Waals surface area (Å²) in [5.41, 5.74) is -0.481. The summed E-state index contributed by atoms with van der Waals surface area (Å²) < 4.78 is 47.4. The molecule has 1 amide bonds. The molecule has 3 heterocycles. The number of hydrogen-bond donors (Lipinski definition) is 1. The summed E-state index contributed by atoms with van der Waals surface area (Å²) in [5.74, 6) is -0.601. The van der Waals surface area contributed by atoms with Crippen LogP contribution in [0.2, 0.25) is 54.4 Å². The Labute approximate surface area is 417 Å². The van der Waals surface area contributed by atoms with E-state index in [4.69, 9.17) is 32.2 Å². The van der Waals surface area contributed by atoms with E-state index < -0.39 is 60.4 Å². The Kier molecular flexibility index (Phi) is 24.5. The fourth-order valence-corrected chi connectivity index (χ4v) is 19.6. The van der Waals surface area contributed by atoms with E-state index in [0.29, 0.717) is 32.4 Å². The lowest BCUT2D eigenvalue weighted by atomic mass is 9.78. The third kappa shape index (κ3) is 15.7. The molecule has 2 saturated heterocycles. The van der Waals surface area contributed by atoms with Gasteiger partial charge in [-0.2, -0.15) is 0 Å². The Morgan fingerprint density at radius 3 is 1.96 bits per heavy atom.